The van der Waals surface area contributed by atoms with E-state index >= 15 is 0 Å². The quantitative estimate of drug-likeness (QED) is 0.430. The van der Waals surface area contributed by atoms with Crippen molar-refractivity contribution >= 4 is 44.0 Å². The summed E-state index contributed by atoms with van der Waals surface area (Å²) in [7, 11) is -4.42. The van der Waals surface area contributed by atoms with Crippen LogP contribution in [0.3, 0.4) is 0 Å². The van der Waals surface area contributed by atoms with Gasteiger partial charge in [-0.05, 0) is 18.6 Å². The molecule has 0 saturated carbocycles. The topological polar surface area (TPSA) is 123 Å². The van der Waals surface area contributed by atoms with Crippen molar-refractivity contribution in [2.24, 2.45) is 0 Å². The highest BCUT2D eigenvalue weighted by Crippen LogP contribution is 2.30. The van der Waals surface area contributed by atoms with Crippen molar-refractivity contribution in [3.8, 4) is 0 Å². The molecule has 0 bridgehead atoms. The van der Waals surface area contributed by atoms with E-state index in [-0.39, 0.29) is 28.9 Å². The van der Waals surface area contributed by atoms with Gasteiger partial charge >= 0.3 is 0 Å². The van der Waals surface area contributed by atoms with Gasteiger partial charge < -0.3 is 5.32 Å². The van der Waals surface area contributed by atoms with Crippen molar-refractivity contribution in [2.75, 3.05) is 23.5 Å². The van der Waals surface area contributed by atoms with Gasteiger partial charge in [-0.3, -0.25) is 19.1 Å². The molecule has 11 heteroatoms. The monoisotopic (exact) mass is 392 g/mol. The second-order valence-corrected chi connectivity index (χ2v) is 9.92. The predicted octanol–water partition coefficient (Wildman–Crippen LogP) is 0.728. The Hall–Kier alpha value is -1.46. The number of sulfone groups is 1. The van der Waals surface area contributed by atoms with Gasteiger partial charge in [-0.2, -0.15) is 0 Å². The molecule has 1 amide bonds. The lowest BCUT2D eigenvalue weighted by Gasteiger charge is -2.10. The highest BCUT2D eigenvalue weighted by Gasteiger charge is 2.29. The number of hydrogen-bond donors (Lipinski definition) is 1. The molecule has 0 aliphatic carbocycles. The first-order chi connectivity index (χ1) is 11.2. The van der Waals surface area contributed by atoms with Gasteiger partial charge in [0, 0.05) is 23.3 Å². The maximum Gasteiger partial charge on any atom is 0.284 e. The Morgan fingerprint density at radius 2 is 2.21 bits per heavy atom. The Morgan fingerprint density at radius 3 is 2.75 bits per heavy atom. The smallest absolute Gasteiger partial charge is 0.284 e. The van der Waals surface area contributed by atoms with Crippen LogP contribution in [0.4, 0.5) is 5.69 Å². The van der Waals surface area contributed by atoms with Crippen molar-refractivity contribution in [1.29, 1.82) is 0 Å². The molecule has 1 N–H and O–H groups in total. The summed E-state index contributed by atoms with van der Waals surface area (Å²) in [5.74, 6) is -0.446. The van der Waals surface area contributed by atoms with E-state index in [4.69, 9.17) is 0 Å². The Bertz CT molecular complexity index is 793. The molecule has 1 aromatic rings. The third-order valence-corrected chi connectivity index (χ3v) is 7.16. The number of carbonyl (C=O) groups excluding carboxylic acids is 1. The lowest BCUT2D eigenvalue weighted by molar-refractivity contribution is -0.387. The summed E-state index contributed by atoms with van der Waals surface area (Å²) >= 11 is 0.985. The molecule has 1 aromatic carbocycles. The van der Waals surface area contributed by atoms with Crippen LogP contribution in [0.1, 0.15) is 6.42 Å². The number of hydrogen-bond acceptors (Lipinski definition) is 7. The molecule has 1 aliphatic heterocycles. The molecule has 1 aliphatic rings. The van der Waals surface area contributed by atoms with Crippen molar-refractivity contribution in [3.05, 3.63) is 28.3 Å². The lowest BCUT2D eigenvalue weighted by atomic mass is 10.3. The fourth-order valence-electron chi connectivity index (χ4n) is 2.26. The second-order valence-electron chi connectivity index (χ2n) is 5.30. The van der Waals surface area contributed by atoms with Gasteiger partial charge in [-0.15, -0.1) is 11.8 Å². The maximum absolute atomic E-state index is 11.9. The van der Waals surface area contributed by atoms with E-state index in [1.54, 1.807) is 0 Å². The van der Waals surface area contributed by atoms with E-state index in [9.17, 15) is 27.5 Å². The van der Waals surface area contributed by atoms with Gasteiger partial charge in [0.15, 0.2) is 9.84 Å². The Morgan fingerprint density at radius 1 is 1.50 bits per heavy atom. The highest BCUT2D eigenvalue weighted by molar-refractivity contribution is 8.00. The van der Waals surface area contributed by atoms with Gasteiger partial charge in [-0.25, -0.2) is 8.42 Å². The molecular weight excluding hydrogens is 376 g/mol. The summed E-state index contributed by atoms with van der Waals surface area (Å²) in [6.45, 7) is 0. The molecule has 0 radical (unpaired) electrons. The normalized spacial score (nSPS) is 20.5. The first-order valence-electron chi connectivity index (χ1n) is 6.92. The molecule has 1 fully saturated rings. The SMILES string of the molecule is C[S@@](=O)c1ccc(SCC(=O)N[C@@H]2CCS(=O)(=O)C2)c([N+](=O)[O-])c1. The summed E-state index contributed by atoms with van der Waals surface area (Å²) in [5, 5.41) is 13.7. The Balaban J connectivity index is 1.99. The molecule has 0 unspecified atom stereocenters. The number of carbonyl (C=O) groups is 1. The molecule has 2 atom stereocenters. The number of thioether (sulfide) groups is 1. The first-order valence-corrected chi connectivity index (χ1v) is 11.3. The van der Waals surface area contributed by atoms with Crippen LogP contribution in [-0.4, -0.2) is 53.0 Å². The molecule has 1 heterocycles. The van der Waals surface area contributed by atoms with Crippen LogP contribution in [-0.2, 0) is 25.4 Å². The minimum absolute atomic E-state index is 0.0617. The molecule has 132 valence electrons. The summed E-state index contributed by atoms with van der Waals surface area (Å²) in [4.78, 5) is 23.1. The summed E-state index contributed by atoms with van der Waals surface area (Å²) in [6.07, 6.45) is 1.81. The van der Waals surface area contributed by atoms with Crippen LogP contribution < -0.4 is 5.32 Å². The van der Waals surface area contributed by atoms with Gasteiger partial charge in [0.05, 0.1) is 37.9 Å². The zero-order chi connectivity index (χ0) is 17.9. The number of benzene rings is 1. The summed E-state index contributed by atoms with van der Waals surface area (Å²) in [5.41, 5.74) is -0.205. The lowest BCUT2D eigenvalue weighted by Crippen LogP contribution is -2.36. The van der Waals surface area contributed by atoms with Crippen LogP contribution in [0.25, 0.3) is 0 Å². The van der Waals surface area contributed by atoms with E-state index in [0.717, 1.165) is 11.8 Å². The zero-order valence-electron chi connectivity index (χ0n) is 12.8. The van der Waals surface area contributed by atoms with Gasteiger partial charge in [-0.1, -0.05) is 0 Å². The third kappa shape index (κ3) is 5.02. The van der Waals surface area contributed by atoms with Gasteiger partial charge in [0.25, 0.3) is 5.69 Å². The highest BCUT2D eigenvalue weighted by atomic mass is 32.2. The van der Waals surface area contributed by atoms with Gasteiger partial charge in [0.2, 0.25) is 5.91 Å². The fourth-order valence-corrected chi connectivity index (χ4v) is 5.29. The molecule has 0 spiro atoms. The molecule has 8 nitrogen and oxygen atoms in total. The largest absolute Gasteiger partial charge is 0.352 e. The summed E-state index contributed by atoms with van der Waals surface area (Å²) < 4.78 is 34.1. The molecule has 1 saturated heterocycles. The van der Waals surface area contributed by atoms with E-state index in [1.807, 2.05) is 0 Å². The minimum Gasteiger partial charge on any atom is -0.352 e. The number of nitrogens with zero attached hydrogens (tertiary/aromatic N) is 1. The van der Waals surface area contributed by atoms with Crippen LogP contribution in [0.5, 0.6) is 0 Å². The molecular formula is C13H16N2O6S3. The van der Waals surface area contributed by atoms with Crippen LogP contribution in [0.2, 0.25) is 0 Å². The summed E-state index contributed by atoms with van der Waals surface area (Å²) in [6, 6.07) is 3.82. The predicted molar refractivity (Wildman–Crippen MR) is 91.4 cm³/mol. The van der Waals surface area contributed by atoms with Gasteiger partial charge in [0.1, 0.15) is 0 Å². The standard InChI is InChI=1S/C13H16N2O6S3/c1-23(19)10-2-3-12(11(6-10)15(17)18)22-7-13(16)14-9-4-5-24(20,21)8-9/h2-3,6,9H,4-5,7-8H2,1H3,(H,14,16)/t9-,23-/m1/s1. The van der Waals surface area contributed by atoms with Crippen molar-refractivity contribution in [3.63, 3.8) is 0 Å². The molecule has 24 heavy (non-hydrogen) atoms. The Kier molecular flexibility index (Phi) is 5.99. The first kappa shape index (κ1) is 18.9. The van der Waals surface area contributed by atoms with E-state index in [0.29, 0.717) is 16.2 Å². The van der Waals surface area contributed by atoms with Crippen LogP contribution in [0, 0.1) is 10.1 Å². The van der Waals surface area contributed by atoms with Crippen LogP contribution >= 0.6 is 11.8 Å². The third-order valence-electron chi connectivity index (χ3n) is 3.42. The number of nitro groups is 1. The van der Waals surface area contributed by atoms with E-state index in [2.05, 4.69) is 5.32 Å². The minimum atomic E-state index is -3.08. The average molecular weight is 392 g/mol. The van der Waals surface area contributed by atoms with E-state index < -0.39 is 31.6 Å². The average Bonchev–Trinajstić information content (AvgIpc) is 2.83. The number of rotatable bonds is 6. The zero-order valence-corrected chi connectivity index (χ0v) is 15.2. The number of amides is 1. The van der Waals surface area contributed by atoms with E-state index in [1.165, 1.54) is 24.5 Å². The molecule has 0 aromatic heterocycles. The van der Waals surface area contributed by atoms with Crippen molar-refractivity contribution in [1.82, 2.24) is 5.32 Å². The van der Waals surface area contributed by atoms with Crippen molar-refractivity contribution < 1.29 is 22.3 Å². The molecule has 2 rings (SSSR count). The fraction of sp³-hybridized carbons (Fsp3) is 0.462. The Labute approximate surface area is 145 Å². The maximum atomic E-state index is 11.9. The van der Waals surface area contributed by atoms with Crippen molar-refractivity contribution in [2.45, 2.75) is 22.3 Å². The van der Waals surface area contributed by atoms with Crippen LogP contribution in [0.15, 0.2) is 28.0 Å². The number of nitrogens with one attached hydrogen (secondary N) is 1. The number of nitro benzene ring substituents is 1. The second kappa shape index (κ2) is 7.62.